The summed E-state index contributed by atoms with van der Waals surface area (Å²) in [6.45, 7) is 0. The Morgan fingerprint density at radius 3 is 0.433 bits per heavy atom. The van der Waals surface area contributed by atoms with Crippen LogP contribution in [0.25, 0.3) is 0 Å². The van der Waals surface area contributed by atoms with E-state index < -0.39 is 37.3 Å². The van der Waals surface area contributed by atoms with Crippen LogP contribution < -0.4 is 42.5 Å². The molecule has 28 heteroatoms. The summed E-state index contributed by atoms with van der Waals surface area (Å²) in [6, 6.07) is 0. The minimum absolute atomic E-state index is 0.420. The minimum atomic E-state index is -4.19. The number of rotatable bonds is 0. The first-order valence-electron chi connectivity index (χ1n) is 20.6. The van der Waals surface area contributed by atoms with Gasteiger partial charge in [0.2, 0.25) is 0 Å². The first-order valence-corrected chi connectivity index (χ1v) is 29.6. The molecule has 12 N–H and O–H groups in total. The van der Waals surface area contributed by atoms with Crippen molar-refractivity contribution in [3.63, 3.8) is 0 Å². The molecule has 0 radical (unpaired) electrons. The fraction of sp³-hybridized carbons (Fsp3) is 1.00. The van der Waals surface area contributed by atoms with Crippen molar-refractivity contribution in [2.45, 2.75) is 152 Å². The Labute approximate surface area is 371 Å². The Morgan fingerprint density at radius 2 is 0.350 bits per heavy atom. The van der Waals surface area contributed by atoms with Crippen molar-refractivity contribution >= 4 is 80.1 Å². The SMILES string of the molecule is C1CCC2C3NC(NC4NC(NC5NC(NC6NC(N3)C3CCCCC63)C3CCCCC53)C3CCCCC43)C2C1.O=S(=O)(O)Cl.O=S(=O)(O)Cl.O=S(=O)(O)Cl.O=S(=O)(O)Cl. The molecule has 0 aromatic heterocycles. The highest BCUT2D eigenvalue weighted by Gasteiger charge is 2.54. The molecule has 8 atom stereocenters. The smallest absolute Gasteiger partial charge is 0.286 e. The summed E-state index contributed by atoms with van der Waals surface area (Å²) in [5, 5.41) is 33.8. The number of fused-ring (bicyclic) bond motifs is 20. The minimum Gasteiger partial charge on any atom is -0.286 e. The molecule has 0 aromatic rings. The van der Waals surface area contributed by atoms with Crippen LogP contribution in [0.3, 0.4) is 0 Å². The fourth-order valence-corrected chi connectivity index (χ4v) is 12.0. The van der Waals surface area contributed by atoms with E-state index in [-0.39, 0.29) is 0 Å². The summed E-state index contributed by atoms with van der Waals surface area (Å²) in [5.74, 6) is 5.97. The molecule has 9 aliphatic rings. The van der Waals surface area contributed by atoms with Crippen molar-refractivity contribution < 1.29 is 51.9 Å². The van der Waals surface area contributed by atoms with Gasteiger partial charge in [0.05, 0.1) is 49.3 Å². The second-order valence-corrected chi connectivity index (χ2v) is 25.2. The Kier molecular flexibility index (Phi) is 18.7. The van der Waals surface area contributed by atoms with Gasteiger partial charge in [-0.2, -0.15) is 33.7 Å². The lowest BCUT2D eigenvalue weighted by atomic mass is 9.76. The third kappa shape index (κ3) is 16.4. The van der Waals surface area contributed by atoms with Gasteiger partial charge in [-0.3, -0.25) is 60.7 Å². The van der Waals surface area contributed by atoms with Crippen LogP contribution >= 0.6 is 42.7 Å². The van der Waals surface area contributed by atoms with Crippen LogP contribution in [-0.2, 0) is 37.3 Å². The van der Waals surface area contributed by atoms with Gasteiger partial charge in [0.25, 0.3) is 0 Å². The van der Waals surface area contributed by atoms with Crippen LogP contribution in [0.4, 0.5) is 0 Å². The fourth-order valence-electron chi connectivity index (χ4n) is 12.0. The molecule has 5 heterocycles. The molecule has 352 valence electrons. The lowest BCUT2D eigenvalue weighted by Gasteiger charge is -2.35. The highest BCUT2D eigenvalue weighted by Crippen LogP contribution is 2.45. The van der Waals surface area contributed by atoms with Gasteiger partial charge in [-0.1, -0.05) is 51.4 Å². The second kappa shape index (κ2) is 21.9. The maximum atomic E-state index is 8.95. The van der Waals surface area contributed by atoms with E-state index in [1.165, 1.54) is 103 Å². The van der Waals surface area contributed by atoms with Gasteiger partial charge < -0.3 is 0 Å². The van der Waals surface area contributed by atoms with Crippen LogP contribution in [0.1, 0.15) is 103 Å². The summed E-state index contributed by atoms with van der Waals surface area (Å²) in [7, 11) is -0.546. The van der Waals surface area contributed by atoms with Gasteiger partial charge in [-0.15, -0.1) is 0 Å². The first-order chi connectivity index (χ1) is 27.8. The molecule has 9 fully saturated rings. The lowest BCUT2D eigenvalue weighted by molar-refractivity contribution is 0.167. The summed E-state index contributed by atoms with van der Waals surface area (Å²) < 4.78 is 101. The molecule has 0 amide bonds. The highest BCUT2D eigenvalue weighted by atomic mass is 35.7. The number of halogens is 4. The molecule has 0 aromatic carbocycles. The van der Waals surface area contributed by atoms with E-state index in [0.29, 0.717) is 49.3 Å². The summed E-state index contributed by atoms with van der Waals surface area (Å²) in [6.07, 6.45) is 25.6. The zero-order valence-electron chi connectivity index (χ0n) is 32.8. The van der Waals surface area contributed by atoms with Crippen LogP contribution in [0.5, 0.6) is 0 Å². The van der Waals surface area contributed by atoms with Gasteiger partial charge >= 0.3 is 37.3 Å². The normalized spacial score (nSPS) is 42.3. The quantitative estimate of drug-likeness (QED) is 0.123. The standard InChI is InChI=1S/C32H56N8.4ClHO3S/c1-2-10-18-17(9-1)25-33-26(18)38-28-21-13-5-6-14-22(21)30(35-28)40-32-24-16-8-7-15-23(24)31(36-32)39-29-20-12-4-3-11-19(20)27(34-29)37-25;4*1-5(2,3)4/h17-40H,1-16H2;4*(H,2,3,4). The molecule has 20 nitrogen and oxygen atoms in total. The Hall–Kier alpha value is 0.480. The molecular formula is C32H60Cl4N8O12S4. The predicted molar refractivity (Wildman–Crippen MR) is 227 cm³/mol. The van der Waals surface area contributed by atoms with Crippen LogP contribution in [0.15, 0.2) is 0 Å². The molecule has 4 aliphatic carbocycles. The van der Waals surface area contributed by atoms with E-state index in [2.05, 4.69) is 85.3 Å². The average molecular weight is 1020 g/mol. The van der Waals surface area contributed by atoms with Gasteiger partial charge in [0.15, 0.2) is 0 Å². The molecule has 5 saturated heterocycles. The Morgan fingerprint density at radius 1 is 0.267 bits per heavy atom. The van der Waals surface area contributed by atoms with E-state index in [9.17, 15) is 0 Å². The molecule has 4 saturated carbocycles. The zero-order valence-corrected chi connectivity index (χ0v) is 39.0. The van der Waals surface area contributed by atoms with Crippen molar-refractivity contribution in [3.8, 4) is 0 Å². The molecule has 0 spiro atoms. The van der Waals surface area contributed by atoms with Gasteiger partial charge in [0.1, 0.15) is 0 Å². The average Bonchev–Trinajstić information content (AvgIpc) is 3.85. The second-order valence-electron chi connectivity index (χ2n) is 17.3. The van der Waals surface area contributed by atoms with Crippen molar-refractivity contribution in [2.75, 3.05) is 0 Å². The maximum absolute atomic E-state index is 8.95. The van der Waals surface area contributed by atoms with Crippen molar-refractivity contribution in [3.05, 3.63) is 0 Å². The van der Waals surface area contributed by atoms with Crippen LogP contribution in [-0.4, -0.2) is 101 Å². The predicted octanol–water partition coefficient (Wildman–Crippen LogP) is 2.72. The third-order valence-corrected chi connectivity index (χ3v) is 13.8. The van der Waals surface area contributed by atoms with E-state index in [1.807, 2.05) is 0 Å². The van der Waals surface area contributed by atoms with Gasteiger partial charge in [-0.05, 0) is 98.7 Å². The molecule has 8 bridgehead atoms. The molecular weight excluding hydrogens is 958 g/mol. The van der Waals surface area contributed by atoms with E-state index in [0.717, 1.165) is 47.3 Å². The van der Waals surface area contributed by atoms with Crippen molar-refractivity contribution in [1.82, 2.24) is 42.5 Å². The number of nitrogens with one attached hydrogen (secondary N) is 8. The van der Waals surface area contributed by atoms with E-state index in [4.69, 9.17) is 51.9 Å². The summed E-state index contributed by atoms with van der Waals surface area (Å²) in [5.41, 5.74) is 0. The highest BCUT2D eigenvalue weighted by molar-refractivity contribution is 8.10. The summed E-state index contributed by atoms with van der Waals surface area (Å²) >= 11 is 0. The Bertz CT molecular complexity index is 1510. The largest absolute Gasteiger partial charge is 0.353 e. The van der Waals surface area contributed by atoms with Crippen molar-refractivity contribution in [2.24, 2.45) is 47.3 Å². The molecule has 5 aliphatic heterocycles. The first kappa shape index (κ1) is 51.5. The van der Waals surface area contributed by atoms with Gasteiger partial charge in [0, 0.05) is 42.7 Å². The van der Waals surface area contributed by atoms with Crippen LogP contribution in [0, 0.1) is 47.3 Å². The van der Waals surface area contributed by atoms with Crippen LogP contribution in [0.2, 0.25) is 0 Å². The zero-order chi connectivity index (χ0) is 44.2. The lowest BCUT2D eigenvalue weighted by Crippen LogP contribution is -2.61. The topological polar surface area (TPSA) is 314 Å². The number of hydrogen-bond acceptors (Lipinski definition) is 16. The number of hydrogen-bond donors (Lipinski definition) is 12. The van der Waals surface area contributed by atoms with E-state index >= 15 is 0 Å². The van der Waals surface area contributed by atoms with E-state index in [1.54, 1.807) is 0 Å². The maximum Gasteiger partial charge on any atom is 0.353 e. The molecule has 8 unspecified atom stereocenters. The molecule has 9 rings (SSSR count). The monoisotopic (exact) mass is 1020 g/mol. The van der Waals surface area contributed by atoms with Crippen molar-refractivity contribution in [1.29, 1.82) is 0 Å². The molecule has 60 heavy (non-hydrogen) atoms. The Balaban J connectivity index is 0.000000287. The van der Waals surface area contributed by atoms with Gasteiger partial charge in [-0.25, -0.2) is 0 Å². The summed E-state index contributed by atoms with van der Waals surface area (Å²) in [4.78, 5) is 0. The third-order valence-electron chi connectivity index (χ3n) is 13.8.